The molecular formula is C20H37N. The van der Waals surface area contributed by atoms with E-state index >= 15 is 0 Å². The molecule has 122 valence electrons. The van der Waals surface area contributed by atoms with E-state index in [1.807, 2.05) is 0 Å². The van der Waals surface area contributed by atoms with E-state index in [0.717, 1.165) is 17.9 Å². The highest BCUT2D eigenvalue weighted by molar-refractivity contribution is 5.11. The molecule has 0 amide bonds. The minimum absolute atomic E-state index is 0.665. The molecule has 0 heterocycles. The highest BCUT2D eigenvalue weighted by Gasteiger charge is 2.60. The van der Waals surface area contributed by atoms with Gasteiger partial charge in [0.25, 0.3) is 0 Å². The van der Waals surface area contributed by atoms with Crippen LogP contribution >= 0.6 is 0 Å². The summed E-state index contributed by atoms with van der Waals surface area (Å²) in [6.45, 7) is 13.5. The summed E-state index contributed by atoms with van der Waals surface area (Å²) in [6.07, 6.45) is 11.8. The zero-order chi connectivity index (χ0) is 15.3. The lowest BCUT2D eigenvalue weighted by atomic mass is 9.39. The van der Waals surface area contributed by atoms with Gasteiger partial charge in [-0.15, -0.1) is 0 Å². The molecule has 0 spiro atoms. The molecule has 21 heavy (non-hydrogen) atoms. The van der Waals surface area contributed by atoms with Gasteiger partial charge >= 0.3 is 0 Å². The first-order valence-electron chi connectivity index (χ1n) is 9.51. The standard InChI is InChI=1S/C20H37N/c1-6-7-21-17(15(2)3)11-20-10-16-8-18(4,13-20)12-19(5,9-16)14-20/h15-17,21H,6-14H2,1-5H3. The first kappa shape index (κ1) is 15.8. The first-order valence-corrected chi connectivity index (χ1v) is 9.51. The second kappa shape index (κ2) is 5.25. The van der Waals surface area contributed by atoms with Crippen molar-refractivity contribution in [2.24, 2.45) is 28.1 Å². The van der Waals surface area contributed by atoms with Crippen LogP contribution in [0.2, 0.25) is 0 Å². The number of hydrogen-bond donors (Lipinski definition) is 1. The van der Waals surface area contributed by atoms with Crippen LogP contribution in [0, 0.1) is 28.1 Å². The van der Waals surface area contributed by atoms with Crippen molar-refractivity contribution in [3.8, 4) is 0 Å². The van der Waals surface area contributed by atoms with Crippen molar-refractivity contribution in [3.05, 3.63) is 0 Å². The lowest BCUT2D eigenvalue weighted by molar-refractivity contribution is -0.151. The minimum Gasteiger partial charge on any atom is -0.314 e. The van der Waals surface area contributed by atoms with Gasteiger partial charge < -0.3 is 5.32 Å². The summed E-state index contributed by atoms with van der Waals surface area (Å²) >= 11 is 0. The highest BCUT2D eigenvalue weighted by atomic mass is 14.9. The predicted octanol–water partition coefficient (Wildman–Crippen LogP) is 5.40. The van der Waals surface area contributed by atoms with E-state index in [2.05, 4.69) is 39.9 Å². The Morgan fingerprint density at radius 1 is 1.00 bits per heavy atom. The molecule has 0 radical (unpaired) electrons. The smallest absolute Gasteiger partial charge is 0.00953 e. The molecule has 1 heteroatoms. The zero-order valence-electron chi connectivity index (χ0n) is 15.1. The molecule has 4 aliphatic rings. The molecule has 3 unspecified atom stereocenters. The van der Waals surface area contributed by atoms with Crippen LogP contribution in [0.5, 0.6) is 0 Å². The molecule has 4 saturated carbocycles. The molecule has 4 rings (SSSR count). The lowest BCUT2D eigenvalue weighted by Gasteiger charge is -2.66. The maximum absolute atomic E-state index is 3.87. The maximum atomic E-state index is 3.87. The molecule has 3 atom stereocenters. The molecule has 0 aromatic rings. The summed E-state index contributed by atoms with van der Waals surface area (Å²) in [5.41, 5.74) is 2.00. The van der Waals surface area contributed by atoms with Gasteiger partial charge in [0.2, 0.25) is 0 Å². The third-order valence-electron chi connectivity index (χ3n) is 6.86. The molecule has 4 aliphatic carbocycles. The van der Waals surface area contributed by atoms with Gasteiger partial charge in [-0.1, -0.05) is 34.6 Å². The fourth-order valence-electron chi connectivity index (χ4n) is 7.25. The van der Waals surface area contributed by atoms with Gasteiger partial charge in [-0.05, 0) is 86.0 Å². The Morgan fingerprint density at radius 3 is 2.10 bits per heavy atom. The quantitative estimate of drug-likeness (QED) is 0.691. The Labute approximate surface area is 132 Å². The van der Waals surface area contributed by atoms with E-state index in [0.29, 0.717) is 16.2 Å². The number of hydrogen-bond acceptors (Lipinski definition) is 1. The van der Waals surface area contributed by atoms with Gasteiger partial charge in [0.1, 0.15) is 0 Å². The average Bonchev–Trinajstić information content (AvgIpc) is 2.29. The molecule has 0 aromatic carbocycles. The van der Waals surface area contributed by atoms with Crippen LogP contribution in [-0.4, -0.2) is 12.6 Å². The van der Waals surface area contributed by atoms with Crippen molar-refractivity contribution >= 4 is 0 Å². The van der Waals surface area contributed by atoms with E-state index < -0.39 is 0 Å². The van der Waals surface area contributed by atoms with Crippen LogP contribution in [0.15, 0.2) is 0 Å². The molecule has 4 fully saturated rings. The van der Waals surface area contributed by atoms with Gasteiger partial charge in [-0.2, -0.15) is 0 Å². The molecule has 0 aromatic heterocycles. The summed E-state index contributed by atoms with van der Waals surface area (Å²) in [4.78, 5) is 0. The zero-order valence-corrected chi connectivity index (χ0v) is 15.1. The summed E-state index contributed by atoms with van der Waals surface area (Å²) in [5, 5.41) is 3.87. The van der Waals surface area contributed by atoms with E-state index in [4.69, 9.17) is 0 Å². The van der Waals surface area contributed by atoms with Gasteiger partial charge in [0.15, 0.2) is 0 Å². The van der Waals surface area contributed by atoms with Crippen LogP contribution in [0.3, 0.4) is 0 Å². The topological polar surface area (TPSA) is 12.0 Å². The van der Waals surface area contributed by atoms with Crippen molar-refractivity contribution in [3.63, 3.8) is 0 Å². The Hall–Kier alpha value is -0.0400. The molecule has 4 bridgehead atoms. The van der Waals surface area contributed by atoms with Crippen molar-refractivity contribution in [2.45, 2.75) is 92.0 Å². The largest absolute Gasteiger partial charge is 0.314 e. The Bertz CT molecular complexity index is 367. The van der Waals surface area contributed by atoms with Crippen molar-refractivity contribution < 1.29 is 0 Å². The Morgan fingerprint density at radius 2 is 1.62 bits per heavy atom. The van der Waals surface area contributed by atoms with Crippen LogP contribution in [0.1, 0.15) is 86.0 Å². The van der Waals surface area contributed by atoms with Crippen LogP contribution in [-0.2, 0) is 0 Å². The minimum atomic E-state index is 0.665. The summed E-state index contributed by atoms with van der Waals surface area (Å²) in [6, 6.07) is 0.730. The summed E-state index contributed by atoms with van der Waals surface area (Å²) in [7, 11) is 0. The van der Waals surface area contributed by atoms with Crippen molar-refractivity contribution in [1.29, 1.82) is 0 Å². The van der Waals surface area contributed by atoms with Crippen LogP contribution in [0.4, 0.5) is 0 Å². The fourth-order valence-corrected chi connectivity index (χ4v) is 7.25. The van der Waals surface area contributed by atoms with Crippen molar-refractivity contribution in [2.75, 3.05) is 6.54 Å². The van der Waals surface area contributed by atoms with Gasteiger partial charge in [-0.3, -0.25) is 0 Å². The molecule has 0 saturated heterocycles. The molecular weight excluding hydrogens is 254 g/mol. The number of rotatable bonds is 6. The normalized spacial score (nSPS) is 46.3. The SMILES string of the molecule is CCCNC(CC12CC3CC(C)(CC(C)(C3)C1)C2)C(C)C. The lowest BCUT2D eigenvalue weighted by Crippen LogP contribution is -2.56. The predicted molar refractivity (Wildman–Crippen MR) is 91.4 cm³/mol. The van der Waals surface area contributed by atoms with E-state index in [1.165, 1.54) is 57.9 Å². The van der Waals surface area contributed by atoms with Gasteiger partial charge in [-0.25, -0.2) is 0 Å². The second-order valence-corrected chi connectivity index (χ2v) is 10.1. The van der Waals surface area contributed by atoms with Crippen LogP contribution < -0.4 is 5.32 Å². The Kier molecular flexibility index (Phi) is 3.96. The average molecular weight is 292 g/mol. The van der Waals surface area contributed by atoms with E-state index in [-0.39, 0.29) is 0 Å². The molecule has 0 aliphatic heterocycles. The molecule has 1 nitrogen and oxygen atoms in total. The van der Waals surface area contributed by atoms with E-state index in [1.54, 1.807) is 0 Å². The summed E-state index contributed by atoms with van der Waals surface area (Å²) in [5.74, 6) is 1.81. The van der Waals surface area contributed by atoms with Gasteiger partial charge in [0.05, 0.1) is 0 Å². The monoisotopic (exact) mass is 291 g/mol. The van der Waals surface area contributed by atoms with Crippen molar-refractivity contribution in [1.82, 2.24) is 5.32 Å². The highest BCUT2D eigenvalue weighted by Crippen LogP contribution is 2.70. The summed E-state index contributed by atoms with van der Waals surface area (Å²) < 4.78 is 0. The van der Waals surface area contributed by atoms with Gasteiger partial charge in [0, 0.05) is 6.04 Å². The molecule has 1 N–H and O–H groups in total. The third kappa shape index (κ3) is 3.05. The fraction of sp³-hybridized carbons (Fsp3) is 1.00. The second-order valence-electron chi connectivity index (χ2n) is 10.1. The van der Waals surface area contributed by atoms with E-state index in [9.17, 15) is 0 Å². The number of nitrogens with one attached hydrogen (secondary N) is 1. The maximum Gasteiger partial charge on any atom is 0.00953 e. The third-order valence-corrected chi connectivity index (χ3v) is 6.86. The Balaban J connectivity index is 1.77. The van der Waals surface area contributed by atoms with Crippen LogP contribution in [0.25, 0.3) is 0 Å². The first-order chi connectivity index (χ1) is 9.77.